The first-order valence-electron chi connectivity index (χ1n) is 5.84. The van der Waals surface area contributed by atoms with Crippen molar-refractivity contribution in [1.82, 2.24) is 0 Å². The Kier molecular flexibility index (Phi) is 3.54. The first kappa shape index (κ1) is 11.1. The summed E-state index contributed by atoms with van der Waals surface area (Å²) in [5, 5.41) is 3.46. The van der Waals surface area contributed by atoms with Crippen molar-refractivity contribution in [2.45, 2.75) is 25.7 Å². The molecule has 1 aliphatic rings. The van der Waals surface area contributed by atoms with Crippen LogP contribution in [0.4, 0.5) is 5.69 Å². The quantitative estimate of drug-likeness (QED) is 0.833. The lowest BCUT2D eigenvalue weighted by Gasteiger charge is -2.20. The van der Waals surface area contributed by atoms with Crippen LogP contribution in [0.1, 0.15) is 24.8 Å². The summed E-state index contributed by atoms with van der Waals surface area (Å²) < 4.78 is 10.8. The average molecular weight is 221 g/mol. The van der Waals surface area contributed by atoms with E-state index in [0.29, 0.717) is 0 Å². The summed E-state index contributed by atoms with van der Waals surface area (Å²) in [4.78, 5) is 0. The van der Waals surface area contributed by atoms with Gasteiger partial charge in [-0.15, -0.1) is 0 Å². The van der Waals surface area contributed by atoms with E-state index in [-0.39, 0.29) is 0 Å². The fourth-order valence-corrected chi connectivity index (χ4v) is 2.23. The second-order valence-electron chi connectivity index (χ2n) is 4.06. The normalized spacial score (nSPS) is 15.4. The van der Waals surface area contributed by atoms with Crippen molar-refractivity contribution >= 4 is 5.69 Å². The number of hydrogen-bond acceptors (Lipinski definition) is 3. The fraction of sp³-hybridized carbons (Fsp3) is 0.538. The maximum atomic E-state index is 5.47. The van der Waals surface area contributed by atoms with Crippen LogP contribution < -0.4 is 14.8 Å². The van der Waals surface area contributed by atoms with Crippen molar-refractivity contribution < 1.29 is 9.47 Å². The van der Waals surface area contributed by atoms with Gasteiger partial charge < -0.3 is 14.8 Å². The van der Waals surface area contributed by atoms with Crippen molar-refractivity contribution in [1.29, 1.82) is 0 Å². The van der Waals surface area contributed by atoms with E-state index in [1.54, 1.807) is 14.2 Å². The standard InChI is InChI=1S/C13H19NO2/c1-15-12-8-7-11-10(13(12)16-2)6-4-3-5-9-14-11/h7-8,14H,3-6,9H2,1-2H3. The molecule has 0 fully saturated rings. The molecule has 0 amide bonds. The zero-order valence-electron chi connectivity index (χ0n) is 10.0. The van der Waals surface area contributed by atoms with Gasteiger partial charge in [0.1, 0.15) is 0 Å². The highest BCUT2D eigenvalue weighted by molar-refractivity contribution is 5.63. The van der Waals surface area contributed by atoms with Gasteiger partial charge in [0.15, 0.2) is 11.5 Å². The second-order valence-corrected chi connectivity index (χ2v) is 4.06. The van der Waals surface area contributed by atoms with Gasteiger partial charge in [-0.05, 0) is 31.4 Å². The van der Waals surface area contributed by atoms with E-state index in [1.807, 2.05) is 6.07 Å². The van der Waals surface area contributed by atoms with Crippen LogP contribution in [0.2, 0.25) is 0 Å². The van der Waals surface area contributed by atoms with Crippen molar-refractivity contribution in [2.75, 3.05) is 26.1 Å². The van der Waals surface area contributed by atoms with Crippen LogP contribution >= 0.6 is 0 Å². The minimum Gasteiger partial charge on any atom is -0.493 e. The maximum absolute atomic E-state index is 5.47. The van der Waals surface area contributed by atoms with Crippen molar-refractivity contribution in [3.8, 4) is 11.5 Å². The number of methoxy groups -OCH3 is 2. The van der Waals surface area contributed by atoms with E-state index >= 15 is 0 Å². The topological polar surface area (TPSA) is 30.5 Å². The summed E-state index contributed by atoms with van der Waals surface area (Å²) in [7, 11) is 3.39. The first-order valence-corrected chi connectivity index (χ1v) is 5.84. The molecule has 0 saturated carbocycles. The van der Waals surface area contributed by atoms with Crippen LogP contribution in [0.25, 0.3) is 0 Å². The summed E-state index contributed by atoms with van der Waals surface area (Å²) in [6, 6.07) is 4.05. The molecular formula is C13H19NO2. The van der Waals surface area contributed by atoms with Gasteiger partial charge in [0.2, 0.25) is 0 Å². The fourth-order valence-electron chi connectivity index (χ4n) is 2.23. The Bertz CT molecular complexity index is 363. The highest BCUT2D eigenvalue weighted by atomic mass is 16.5. The molecule has 3 nitrogen and oxygen atoms in total. The molecular weight excluding hydrogens is 202 g/mol. The molecule has 16 heavy (non-hydrogen) atoms. The molecule has 0 radical (unpaired) electrons. The van der Waals surface area contributed by atoms with Crippen LogP contribution in [0.3, 0.4) is 0 Å². The second kappa shape index (κ2) is 5.10. The lowest BCUT2D eigenvalue weighted by atomic mass is 10.0. The average Bonchev–Trinajstić information content (AvgIpc) is 2.28. The van der Waals surface area contributed by atoms with Crippen LogP contribution in [-0.2, 0) is 6.42 Å². The smallest absolute Gasteiger partial charge is 0.165 e. The third-order valence-electron chi connectivity index (χ3n) is 3.07. The molecule has 0 spiro atoms. The van der Waals surface area contributed by atoms with Crippen LogP contribution in [0.15, 0.2) is 12.1 Å². The summed E-state index contributed by atoms with van der Waals surface area (Å²) in [6.07, 6.45) is 4.79. The molecule has 3 heteroatoms. The molecule has 1 N–H and O–H groups in total. The molecule has 1 aromatic carbocycles. The summed E-state index contributed by atoms with van der Waals surface area (Å²) >= 11 is 0. The van der Waals surface area contributed by atoms with Crippen LogP contribution in [0, 0.1) is 0 Å². The Balaban J connectivity index is 2.42. The molecule has 0 aromatic heterocycles. The van der Waals surface area contributed by atoms with Crippen LogP contribution in [-0.4, -0.2) is 20.8 Å². The van der Waals surface area contributed by atoms with Gasteiger partial charge in [0.25, 0.3) is 0 Å². The summed E-state index contributed by atoms with van der Waals surface area (Å²) in [5.74, 6) is 1.71. The Morgan fingerprint density at radius 2 is 1.94 bits per heavy atom. The van der Waals surface area contributed by atoms with Gasteiger partial charge >= 0.3 is 0 Å². The zero-order chi connectivity index (χ0) is 11.4. The Hall–Kier alpha value is -1.38. The third-order valence-corrected chi connectivity index (χ3v) is 3.07. The van der Waals surface area contributed by atoms with E-state index in [1.165, 1.54) is 30.5 Å². The minimum atomic E-state index is 0.823. The molecule has 0 aliphatic carbocycles. The maximum Gasteiger partial charge on any atom is 0.165 e. The van der Waals surface area contributed by atoms with Gasteiger partial charge in [-0.2, -0.15) is 0 Å². The third kappa shape index (κ3) is 2.08. The van der Waals surface area contributed by atoms with E-state index in [0.717, 1.165) is 24.5 Å². The van der Waals surface area contributed by atoms with Crippen molar-refractivity contribution in [3.05, 3.63) is 17.7 Å². The molecule has 0 unspecified atom stereocenters. The van der Waals surface area contributed by atoms with E-state index in [2.05, 4.69) is 11.4 Å². The number of ether oxygens (including phenoxy) is 2. The lowest BCUT2D eigenvalue weighted by molar-refractivity contribution is 0.351. The van der Waals surface area contributed by atoms with Gasteiger partial charge in [-0.3, -0.25) is 0 Å². The van der Waals surface area contributed by atoms with Gasteiger partial charge in [-0.1, -0.05) is 6.42 Å². The molecule has 0 bridgehead atoms. The molecule has 1 aromatic rings. The molecule has 1 heterocycles. The number of hydrogen-bond donors (Lipinski definition) is 1. The molecule has 0 saturated heterocycles. The van der Waals surface area contributed by atoms with E-state index < -0.39 is 0 Å². The molecule has 1 aliphatic heterocycles. The van der Waals surface area contributed by atoms with Crippen molar-refractivity contribution in [3.63, 3.8) is 0 Å². The highest BCUT2D eigenvalue weighted by Crippen LogP contribution is 2.37. The van der Waals surface area contributed by atoms with E-state index in [4.69, 9.17) is 9.47 Å². The Morgan fingerprint density at radius 3 is 2.69 bits per heavy atom. The first-order chi connectivity index (χ1) is 7.86. The summed E-state index contributed by atoms with van der Waals surface area (Å²) in [5.41, 5.74) is 2.44. The van der Waals surface area contributed by atoms with Gasteiger partial charge in [0, 0.05) is 17.8 Å². The number of fused-ring (bicyclic) bond motifs is 1. The Labute approximate surface area is 96.8 Å². The number of anilines is 1. The van der Waals surface area contributed by atoms with Crippen LogP contribution in [0.5, 0.6) is 11.5 Å². The molecule has 0 atom stereocenters. The zero-order valence-corrected chi connectivity index (χ0v) is 10.0. The number of benzene rings is 1. The predicted molar refractivity (Wildman–Crippen MR) is 65.6 cm³/mol. The van der Waals surface area contributed by atoms with E-state index in [9.17, 15) is 0 Å². The molecule has 88 valence electrons. The van der Waals surface area contributed by atoms with Gasteiger partial charge in [0.05, 0.1) is 14.2 Å². The largest absolute Gasteiger partial charge is 0.493 e. The van der Waals surface area contributed by atoms with Gasteiger partial charge in [-0.25, -0.2) is 0 Å². The predicted octanol–water partition coefficient (Wildman–Crippen LogP) is 2.84. The summed E-state index contributed by atoms with van der Waals surface area (Å²) in [6.45, 7) is 1.04. The van der Waals surface area contributed by atoms with Crippen molar-refractivity contribution in [2.24, 2.45) is 0 Å². The SMILES string of the molecule is COc1ccc2c(c1OC)CCCCCN2. The Morgan fingerprint density at radius 1 is 1.06 bits per heavy atom. The minimum absolute atomic E-state index is 0.823. The monoisotopic (exact) mass is 221 g/mol. The lowest BCUT2D eigenvalue weighted by Crippen LogP contribution is -2.09. The molecule has 2 rings (SSSR count). The number of nitrogens with one attached hydrogen (secondary N) is 1. The number of rotatable bonds is 2. The highest BCUT2D eigenvalue weighted by Gasteiger charge is 2.15.